The number of urea groups is 1. The van der Waals surface area contributed by atoms with Gasteiger partial charge in [-0.15, -0.1) is 0 Å². The van der Waals surface area contributed by atoms with Crippen molar-refractivity contribution in [3.8, 4) is 0 Å². The van der Waals surface area contributed by atoms with E-state index in [1.807, 2.05) is 18.2 Å². The van der Waals surface area contributed by atoms with E-state index < -0.39 is 6.04 Å². The van der Waals surface area contributed by atoms with E-state index in [0.29, 0.717) is 6.42 Å². The van der Waals surface area contributed by atoms with Crippen LogP contribution in [0.1, 0.15) is 25.8 Å². The maximum absolute atomic E-state index is 11.5. The molecule has 0 bridgehead atoms. The summed E-state index contributed by atoms with van der Waals surface area (Å²) < 4.78 is 0. The maximum atomic E-state index is 11.5. The van der Waals surface area contributed by atoms with Crippen LogP contribution in [0, 0.1) is 5.41 Å². The second kappa shape index (κ2) is 4.80. The Labute approximate surface area is 107 Å². The number of hydrogen-bond acceptors (Lipinski definition) is 2. The predicted octanol–water partition coefficient (Wildman–Crippen LogP) is 1.85. The van der Waals surface area contributed by atoms with E-state index in [9.17, 15) is 9.59 Å². The number of carbonyl (C=O) groups excluding carboxylic acids is 2. The monoisotopic (exact) mass is 246 g/mol. The molecule has 1 aromatic carbocycles. The molecule has 1 saturated heterocycles. The van der Waals surface area contributed by atoms with Crippen molar-refractivity contribution in [3.05, 3.63) is 35.9 Å². The largest absolute Gasteiger partial charge is 0.326 e. The number of rotatable bonds is 4. The van der Waals surface area contributed by atoms with Crippen molar-refractivity contribution < 1.29 is 9.59 Å². The number of amides is 3. The average molecular weight is 246 g/mol. The van der Waals surface area contributed by atoms with Crippen LogP contribution < -0.4 is 10.6 Å². The number of nitrogens with one attached hydrogen (secondary N) is 2. The van der Waals surface area contributed by atoms with Crippen LogP contribution in [-0.2, 0) is 11.2 Å². The van der Waals surface area contributed by atoms with Crippen LogP contribution in [0.5, 0.6) is 0 Å². The normalized spacial score (nSPS) is 19.6. The van der Waals surface area contributed by atoms with Crippen LogP contribution in [0.25, 0.3) is 0 Å². The van der Waals surface area contributed by atoms with E-state index in [1.54, 1.807) is 0 Å². The van der Waals surface area contributed by atoms with Gasteiger partial charge in [0.15, 0.2) is 0 Å². The lowest BCUT2D eigenvalue weighted by molar-refractivity contribution is -0.120. The first-order valence-corrected chi connectivity index (χ1v) is 6.12. The minimum Gasteiger partial charge on any atom is -0.326 e. The van der Waals surface area contributed by atoms with Crippen LogP contribution in [0.4, 0.5) is 4.79 Å². The van der Waals surface area contributed by atoms with Crippen molar-refractivity contribution in [3.63, 3.8) is 0 Å². The summed E-state index contributed by atoms with van der Waals surface area (Å²) >= 11 is 0. The third-order valence-electron chi connectivity index (χ3n) is 3.14. The highest BCUT2D eigenvalue weighted by molar-refractivity contribution is 6.04. The van der Waals surface area contributed by atoms with Crippen LogP contribution in [0.2, 0.25) is 0 Å². The molecular formula is C14H18N2O2. The molecule has 0 saturated carbocycles. The van der Waals surface area contributed by atoms with Gasteiger partial charge in [-0.05, 0) is 23.8 Å². The highest BCUT2D eigenvalue weighted by Gasteiger charge is 2.34. The molecule has 0 spiro atoms. The third-order valence-corrected chi connectivity index (χ3v) is 3.14. The van der Waals surface area contributed by atoms with Gasteiger partial charge in [-0.1, -0.05) is 44.2 Å². The second-order valence-corrected chi connectivity index (χ2v) is 5.55. The zero-order valence-electron chi connectivity index (χ0n) is 10.7. The van der Waals surface area contributed by atoms with Gasteiger partial charge < -0.3 is 5.32 Å². The first-order chi connectivity index (χ1) is 8.46. The molecule has 1 aliphatic rings. The molecule has 1 aromatic rings. The molecule has 1 atom stereocenters. The lowest BCUT2D eigenvalue weighted by Crippen LogP contribution is -2.35. The van der Waals surface area contributed by atoms with Crippen molar-refractivity contribution >= 4 is 11.9 Å². The van der Waals surface area contributed by atoms with E-state index >= 15 is 0 Å². The summed E-state index contributed by atoms with van der Waals surface area (Å²) in [4.78, 5) is 22.6. The Bertz CT molecular complexity index is 454. The zero-order chi connectivity index (χ0) is 13.2. The van der Waals surface area contributed by atoms with Crippen LogP contribution in [0.3, 0.4) is 0 Å². The van der Waals surface area contributed by atoms with Gasteiger partial charge in [-0.25, -0.2) is 4.79 Å². The van der Waals surface area contributed by atoms with Gasteiger partial charge in [0.2, 0.25) is 0 Å². The molecule has 1 unspecified atom stereocenters. The summed E-state index contributed by atoms with van der Waals surface area (Å²) in [7, 11) is 0. The standard InChI is InChI=1S/C14H18N2O2/c1-14(2,8-10-6-4-3-5-7-10)9-11-12(17)16-13(18)15-11/h3-7,11H,8-9H2,1-2H3,(H2,15,16,17,18). The molecule has 1 aliphatic heterocycles. The first-order valence-electron chi connectivity index (χ1n) is 6.12. The van der Waals surface area contributed by atoms with Gasteiger partial charge in [-0.3, -0.25) is 10.1 Å². The zero-order valence-corrected chi connectivity index (χ0v) is 10.7. The predicted molar refractivity (Wildman–Crippen MR) is 69.0 cm³/mol. The Hall–Kier alpha value is -1.84. The molecule has 0 radical (unpaired) electrons. The fraction of sp³-hybridized carbons (Fsp3) is 0.429. The molecule has 2 N–H and O–H groups in total. The summed E-state index contributed by atoms with van der Waals surface area (Å²) in [6.07, 6.45) is 1.52. The minimum atomic E-state index is -0.406. The first kappa shape index (κ1) is 12.6. The van der Waals surface area contributed by atoms with Gasteiger partial charge in [0, 0.05) is 0 Å². The minimum absolute atomic E-state index is 0.0407. The Morgan fingerprint density at radius 3 is 2.39 bits per heavy atom. The van der Waals surface area contributed by atoms with Crippen molar-refractivity contribution in [2.75, 3.05) is 0 Å². The van der Waals surface area contributed by atoms with Gasteiger partial charge in [-0.2, -0.15) is 0 Å². The highest BCUT2D eigenvalue weighted by Crippen LogP contribution is 2.28. The van der Waals surface area contributed by atoms with Crippen molar-refractivity contribution in [2.45, 2.75) is 32.7 Å². The van der Waals surface area contributed by atoms with Gasteiger partial charge in [0.1, 0.15) is 6.04 Å². The van der Waals surface area contributed by atoms with E-state index in [1.165, 1.54) is 5.56 Å². The van der Waals surface area contributed by atoms with Gasteiger partial charge >= 0.3 is 6.03 Å². The van der Waals surface area contributed by atoms with Crippen molar-refractivity contribution in [1.29, 1.82) is 0 Å². The summed E-state index contributed by atoms with van der Waals surface area (Å²) in [5, 5.41) is 4.91. The van der Waals surface area contributed by atoms with Crippen molar-refractivity contribution in [1.82, 2.24) is 10.6 Å². The quantitative estimate of drug-likeness (QED) is 0.797. The number of carbonyl (C=O) groups is 2. The van der Waals surface area contributed by atoms with Gasteiger partial charge in [0.25, 0.3) is 5.91 Å². The lowest BCUT2D eigenvalue weighted by Gasteiger charge is -2.26. The van der Waals surface area contributed by atoms with E-state index in [4.69, 9.17) is 0 Å². The molecule has 96 valence electrons. The molecular weight excluding hydrogens is 228 g/mol. The molecule has 3 amide bonds. The van der Waals surface area contributed by atoms with Crippen LogP contribution in [0.15, 0.2) is 30.3 Å². The molecule has 1 heterocycles. The summed E-state index contributed by atoms with van der Waals surface area (Å²) in [5.41, 5.74) is 1.20. The van der Waals surface area contributed by atoms with Gasteiger partial charge in [0.05, 0.1) is 0 Å². The Kier molecular flexibility index (Phi) is 3.36. The lowest BCUT2D eigenvalue weighted by atomic mass is 9.80. The second-order valence-electron chi connectivity index (χ2n) is 5.55. The summed E-state index contributed by atoms with van der Waals surface area (Å²) in [6, 6.07) is 9.37. The number of imide groups is 1. The SMILES string of the molecule is CC(C)(Cc1ccccc1)CC1NC(=O)NC1=O. The third kappa shape index (κ3) is 3.09. The van der Waals surface area contributed by atoms with E-state index in [0.717, 1.165) is 6.42 Å². The van der Waals surface area contributed by atoms with E-state index in [2.05, 4.69) is 36.6 Å². The summed E-state index contributed by atoms with van der Waals surface area (Å²) in [5.74, 6) is -0.221. The van der Waals surface area contributed by atoms with E-state index in [-0.39, 0.29) is 17.4 Å². The summed E-state index contributed by atoms with van der Waals surface area (Å²) in [6.45, 7) is 4.22. The molecule has 1 fully saturated rings. The molecule has 0 aliphatic carbocycles. The van der Waals surface area contributed by atoms with Crippen LogP contribution >= 0.6 is 0 Å². The number of benzene rings is 1. The maximum Gasteiger partial charge on any atom is 0.322 e. The topological polar surface area (TPSA) is 58.2 Å². The Morgan fingerprint density at radius 1 is 1.17 bits per heavy atom. The fourth-order valence-corrected chi connectivity index (χ4v) is 2.38. The average Bonchev–Trinajstić information content (AvgIpc) is 2.57. The fourth-order valence-electron chi connectivity index (χ4n) is 2.38. The smallest absolute Gasteiger partial charge is 0.322 e. The molecule has 18 heavy (non-hydrogen) atoms. The Morgan fingerprint density at radius 2 is 1.83 bits per heavy atom. The molecule has 4 nitrogen and oxygen atoms in total. The number of hydrogen-bond donors (Lipinski definition) is 2. The molecule has 0 aromatic heterocycles. The van der Waals surface area contributed by atoms with Crippen molar-refractivity contribution in [2.24, 2.45) is 5.41 Å². The molecule has 2 rings (SSSR count). The van der Waals surface area contributed by atoms with Crippen LogP contribution in [-0.4, -0.2) is 18.0 Å². The highest BCUT2D eigenvalue weighted by atomic mass is 16.2. The molecule has 4 heteroatoms. The Balaban J connectivity index is 1.99.